The van der Waals surface area contributed by atoms with Gasteiger partial charge in [-0.2, -0.15) is 28.1 Å². The second kappa shape index (κ2) is 15.7. The summed E-state index contributed by atoms with van der Waals surface area (Å²) in [7, 11) is 0. The highest BCUT2D eigenvalue weighted by molar-refractivity contribution is 6.35. The van der Waals surface area contributed by atoms with Gasteiger partial charge in [0.05, 0.1) is 5.54 Å². The summed E-state index contributed by atoms with van der Waals surface area (Å²) in [5, 5.41) is 22.9. The van der Waals surface area contributed by atoms with Crippen molar-refractivity contribution in [2.24, 2.45) is 0 Å². The Balaban J connectivity index is 1.21. The van der Waals surface area contributed by atoms with Crippen molar-refractivity contribution in [2.45, 2.75) is 37.1 Å². The number of carboxylic acids is 1. The van der Waals surface area contributed by atoms with Crippen molar-refractivity contribution >= 4 is 52.9 Å². The highest BCUT2D eigenvalue weighted by atomic mass is 35.5. The van der Waals surface area contributed by atoms with Gasteiger partial charge in [0.25, 0.3) is 5.91 Å². The number of nitrogens with zero attached hydrogens (tertiary/aromatic N) is 4. The van der Waals surface area contributed by atoms with Gasteiger partial charge in [0.1, 0.15) is 6.04 Å². The maximum atomic E-state index is 12.9. The van der Waals surface area contributed by atoms with Crippen LogP contribution in [0.5, 0.6) is 6.01 Å². The number of amides is 3. The Morgan fingerprint density at radius 3 is 2.24 bits per heavy atom. The predicted octanol–water partition coefficient (Wildman–Crippen LogP) is 3.32. The molecule has 1 aliphatic carbocycles. The number of hydrogen-bond acceptors (Lipinski definition) is 11. The van der Waals surface area contributed by atoms with E-state index < -0.39 is 60.6 Å². The highest BCUT2D eigenvalue weighted by Gasteiger charge is 2.45. The third-order valence-corrected chi connectivity index (χ3v) is 7.59. The lowest BCUT2D eigenvalue weighted by molar-refractivity contribution is -0.154. The van der Waals surface area contributed by atoms with Crippen LogP contribution in [0.1, 0.15) is 34.3 Å². The van der Waals surface area contributed by atoms with Gasteiger partial charge in [0.15, 0.2) is 6.61 Å². The fourth-order valence-electron chi connectivity index (χ4n) is 4.59. The molecule has 2 aromatic carbocycles. The first kappa shape index (κ1) is 36.2. The number of carboxylic acid groups (broad SMARTS) is 1. The maximum absolute atomic E-state index is 12.9. The Bertz CT molecular complexity index is 1880. The third kappa shape index (κ3) is 10.5. The van der Waals surface area contributed by atoms with Gasteiger partial charge in [0.2, 0.25) is 11.9 Å². The molecule has 19 heteroatoms. The molecule has 15 nitrogen and oxygen atoms in total. The van der Waals surface area contributed by atoms with Crippen LogP contribution in [-0.4, -0.2) is 74.1 Å². The topological polar surface area (TPSA) is 209 Å². The quantitative estimate of drug-likeness (QED) is 0.103. The summed E-state index contributed by atoms with van der Waals surface area (Å²) in [6, 6.07) is 13.7. The minimum atomic E-state index is -4.65. The predicted molar refractivity (Wildman–Crippen MR) is 175 cm³/mol. The van der Waals surface area contributed by atoms with Crippen molar-refractivity contribution in [1.29, 1.82) is 0 Å². The standard InChI is InChI=1S/C32H29ClF3N9O6/c33-21-7-5-20(6-8-21)31(11-12-31)45-29-42-28(43-30(44-29)51-17-32(34,35)36)40-22-9-3-19(4-10-22)24(46)41-23(27(49)50)16-39-26(48)25(47)38-15-18-2-1-13-37-14-18/h1-10,13-14,23H,11-12,15-17H2,(H,38,47)(H,39,48)(H,41,46)(H,49,50)(H2,40,42,43,44,45)/t23-/m1/s1. The molecule has 2 heterocycles. The minimum Gasteiger partial charge on any atom is -0.480 e. The van der Waals surface area contributed by atoms with Gasteiger partial charge in [-0.3, -0.25) is 19.4 Å². The summed E-state index contributed by atoms with van der Waals surface area (Å²) >= 11 is 6.01. The van der Waals surface area contributed by atoms with Crippen LogP contribution in [0, 0.1) is 0 Å². The van der Waals surface area contributed by atoms with Gasteiger partial charge in [-0.1, -0.05) is 29.8 Å². The monoisotopic (exact) mass is 727 g/mol. The van der Waals surface area contributed by atoms with Gasteiger partial charge in [-0.25, -0.2) is 4.79 Å². The van der Waals surface area contributed by atoms with Crippen molar-refractivity contribution in [2.75, 3.05) is 23.8 Å². The van der Waals surface area contributed by atoms with E-state index >= 15 is 0 Å². The average molecular weight is 728 g/mol. The number of rotatable bonds is 14. The molecule has 4 aromatic rings. The van der Waals surface area contributed by atoms with Crippen LogP contribution in [0.3, 0.4) is 0 Å². The van der Waals surface area contributed by atoms with Gasteiger partial charge in [-0.15, -0.1) is 0 Å². The van der Waals surface area contributed by atoms with E-state index in [4.69, 9.17) is 16.3 Å². The number of carbonyl (C=O) groups is 4. The molecule has 1 fully saturated rings. The SMILES string of the molecule is O=C(NCc1cccnc1)C(=O)NC[C@@H](NC(=O)c1ccc(Nc2nc(NC3(c4ccc(Cl)cc4)CC3)nc(OCC(F)(F)F)n2)cc1)C(=O)O. The molecular formula is C32H29ClF3N9O6. The molecular weight excluding hydrogens is 699 g/mol. The smallest absolute Gasteiger partial charge is 0.422 e. The minimum absolute atomic E-state index is 0.0212. The Hall–Kier alpha value is -6.04. The van der Waals surface area contributed by atoms with E-state index in [1.165, 1.54) is 30.5 Å². The van der Waals surface area contributed by atoms with E-state index in [1.54, 1.807) is 30.5 Å². The number of hydrogen-bond donors (Lipinski definition) is 6. The molecule has 6 N–H and O–H groups in total. The molecule has 1 atom stereocenters. The first-order chi connectivity index (χ1) is 24.3. The first-order valence-corrected chi connectivity index (χ1v) is 15.5. The Labute approximate surface area is 292 Å². The second-order valence-corrected chi connectivity index (χ2v) is 11.6. The second-order valence-electron chi connectivity index (χ2n) is 11.2. The summed E-state index contributed by atoms with van der Waals surface area (Å²) in [6.45, 7) is -2.20. The first-order valence-electron chi connectivity index (χ1n) is 15.1. The fourth-order valence-corrected chi connectivity index (χ4v) is 4.72. The zero-order chi connectivity index (χ0) is 36.6. The Morgan fingerprint density at radius 1 is 0.922 bits per heavy atom. The number of carbonyl (C=O) groups excluding carboxylic acids is 3. The highest BCUT2D eigenvalue weighted by Crippen LogP contribution is 2.48. The van der Waals surface area contributed by atoms with Crippen LogP contribution >= 0.6 is 11.6 Å². The van der Waals surface area contributed by atoms with Crippen LogP contribution in [0.4, 0.5) is 30.8 Å². The average Bonchev–Trinajstić information content (AvgIpc) is 3.88. The number of ether oxygens (including phenoxy) is 1. The fraction of sp³-hybridized carbons (Fsp3) is 0.250. The molecule has 266 valence electrons. The van der Waals surface area contributed by atoms with E-state index in [0.29, 0.717) is 29.1 Å². The molecule has 0 radical (unpaired) electrons. The summed E-state index contributed by atoms with van der Waals surface area (Å²) in [6.07, 6.45) is -0.211. The zero-order valence-electron chi connectivity index (χ0n) is 26.3. The largest absolute Gasteiger partial charge is 0.480 e. The Kier molecular flexibility index (Phi) is 11.1. The van der Waals surface area contributed by atoms with Crippen molar-refractivity contribution in [3.8, 4) is 6.01 Å². The van der Waals surface area contributed by atoms with Gasteiger partial charge in [-0.05, 0) is 66.4 Å². The van der Waals surface area contributed by atoms with Crippen molar-refractivity contribution in [1.82, 2.24) is 35.9 Å². The lowest BCUT2D eigenvalue weighted by Gasteiger charge is -2.19. The summed E-state index contributed by atoms with van der Waals surface area (Å²) in [4.78, 5) is 65.0. The van der Waals surface area contributed by atoms with E-state index in [-0.39, 0.29) is 24.0 Å². The van der Waals surface area contributed by atoms with E-state index in [9.17, 15) is 37.5 Å². The summed E-state index contributed by atoms with van der Waals surface area (Å²) < 4.78 is 43.5. The van der Waals surface area contributed by atoms with E-state index in [1.807, 2.05) is 12.1 Å². The van der Waals surface area contributed by atoms with E-state index in [0.717, 1.165) is 5.56 Å². The van der Waals surface area contributed by atoms with Gasteiger partial charge >= 0.3 is 30.0 Å². The lowest BCUT2D eigenvalue weighted by atomic mass is 10.1. The lowest BCUT2D eigenvalue weighted by Crippen LogP contribution is -2.50. The van der Waals surface area contributed by atoms with Crippen LogP contribution in [0.25, 0.3) is 0 Å². The molecule has 1 aliphatic rings. The molecule has 0 bridgehead atoms. The number of nitrogens with one attached hydrogen (secondary N) is 5. The number of aliphatic carboxylic acids is 1. The van der Waals surface area contributed by atoms with Crippen molar-refractivity contribution in [3.63, 3.8) is 0 Å². The molecule has 3 amide bonds. The molecule has 51 heavy (non-hydrogen) atoms. The Morgan fingerprint density at radius 2 is 1.61 bits per heavy atom. The molecule has 5 rings (SSSR count). The van der Waals surface area contributed by atoms with Crippen LogP contribution in [0.15, 0.2) is 73.1 Å². The molecule has 0 aliphatic heterocycles. The molecule has 0 spiro atoms. The van der Waals surface area contributed by atoms with Crippen LogP contribution < -0.4 is 31.3 Å². The number of alkyl halides is 3. The third-order valence-electron chi connectivity index (χ3n) is 7.33. The molecule has 2 aromatic heterocycles. The number of benzene rings is 2. The van der Waals surface area contributed by atoms with Crippen molar-refractivity contribution in [3.05, 3.63) is 94.8 Å². The van der Waals surface area contributed by atoms with Crippen molar-refractivity contribution < 1.29 is 42.2 Å². The molecule has 0 saturated heterocycles. The summed E-state index contributed by atoms with van der Waals surface area (Å²) in [5.74, 6) is -4.60. The van der Waals surface area contributed by atoms with Crippen LogP contribution in [0.2, 0.25) is 5.02 Å². The van der Waals surface area contributed by atoms with Gasteiger partial charge < -0.3 is 36.4 Å². The van der Waals surface area contributed by atoms with Gasteiger partial charge in [0, 0.05) is 41.8 Å². The van der Waals surface area contributed by atoms with Crippen LogP contribution in [-0.2, 0) is 26.5 Å². The summed E-state index contributed by atoms with van der Waals surface area (Å²) in [5.41, 5.74) is 1.29. The number of aromatic nitrogens is 4. The van der Waals surface area contributed by atoms with E-state index in [2.05, 4.69) is 46.5 Å². The zero-order valence-corrected chi connectivity index (χ0v) is 27.1. The number of halogens is 4. The number of anilines is 3. The molecule has 0 unspecified atom stereocenters. The number of pyridine rings is 1. The maximum Gasteiger partial charge on any atom is 0.422 e. The normalized spacial score (nSPS) is 13.6. The molecule has 1 saturated carbocycles.